The molecule has 0 spiro atoms. The number of aryl methyl sites for hydroxylation is 1. The number of carbonyl (C=O) groups excluding carboxylic acids is 1. The van der Waals surface area contributed by atoms with E-state index in [1.165, 1.54) is 48.3 Å². The Bertz CT molecular complexity index is 1160. The Morgan fingerprint density at radius 2 is 2.07 bits per heavy atom. The first kappa shape index (κ1) is 19.5. The fraction of sp³-hybridized carbons (Fsp3) is 0.400. The maximum Gasteiger partial charge on any atom is 0.316 e. The van der Waals surface area contributed by atoms with Crippen molar-refractivity contribution in [2.45, 2.75) is 39.3 Å². The van der Waals surface area contributed by atoms with Crippen LogP contribution in [0.25, 0.3) is 11.0 Å². The average molecular weight is 415 g/mol. The van der Waals surface area contributed by atoms with E-state index in [0.717, 1.165) is 12.2 Å². The lowest BCUT2D eigenvalue weighted by atomic mass is 10.1. The van der Waals surface area contributed by atoms with Crippen LogP contribution in [0.1, 0.15) is 42.2 Å². The van der Waals surface area contributed by atoms with Crippen LogP contribution in [0.2, 0.25) is 0 Å². The summed E-state index contributed by atoms with van der Waals surface area (Å²) < 4.78 is 1.39. The Morgan fingerprint density at radius 1 is 1.28 bits per heavy atom. The van der Waals surface area contributed by atoms with E-state index in [1.807, 2.05) is 5.38 Å². The van der Waals surface area contributed by atoms with E-state index in [4.69, 9.17) is 0 Å². The molecule has 3 heterocycles. The molecule has 3 N–H and O–H groups in total. The van der Waals surface area contributed by atoms with E-state index >= 15 is 0 Å². The second kappa shape index (κ2) is 8.30. The number of anilines is 1. The summed E-state index contributed by atoms with van der Waals surface area (Å²) in [6.45, 7) is 5.42. The highest BCUT2D eigenvalue weighted by atomic mass is 32.1. The SMILES string of the molecule is CCn1c(=O)c(=O)[nH]c2cc(C(=O)Nc3nc(C[NH+]4CCCCC4)cs3)ccc21. The molecule has 3 aromatic rings. The van der Waals surface area contributed by atoms with Crippen molar-refractivity contribution in [3.8, 4) is 0 Å². The average Bonchev–Trinajstić information content (AvgIpc) is 3.16. The van der Waals surface area contributed by atoms with Gasteiger partial charge in [0.25, 0.3) is 5.91 Å². The molecule has 1 fully saturated rings. The molecule has 0 saturated carbocycles. The van der Waals surface area contributed by atoms with E-state index in [0.29, 0.717) is 28.3 Å². The summed E-state index contributed by atoms with van der Waals surface area (Å²) in [7, 11) is 0. The lowest BCUT2D eigenvalue weighted by Gasteiger charge is -2.22. The number of aromatic nitrogens is 3. The van der Waals surface area contributed by atoms with Crippen LogP contribution in [0.15, 0.2) is 33.2 Å². The molecule has 2 aromatic heterocycles. The third-order valence-electron chi connectivity index (χ3n) is 5.32. The zero-order valence-electron chi connectivity index (χ0n) is 16.3. The number of benzene rings is 1. The summed E-state index contributed by atoms with van der Waals surface area (Å²) in [5.74, 6) is -0.298. The minimum absolute atomic E-state index is 0.298. The molecule has 4 rings (SSSR count). The molecule has 1 aliphatic heterocycles. The number of quaternary nitrogens is 1. The standard InChI is InChI=1S/C20H23N5O3S/c1-2-25-16-7-6-13(10-15(16)22-18(27)19(25)28)17(26)23-20-21-14(12-29-20)11-24-8-4-3-5-9-24/h6-7,10,12H,2-5,8-9,11H2,1H3,(H,22,27)(H,21,23,26)/p+1. The van der Waals surface area contributed by atoms with E-state index in [1.54, 1.807) is 30.0 Å². The smallest absolute Gasteiger partial charge is 0.316 e. The van der Waals surface area contributed by atoms with Crippen LogP contribution in [0, 0.1) is 0 Å². The third-order valence-corrected chi connectivity index (χ3v) is 6.12. The van der Waals surface area contributed by atoms with Gasteiger partial charge in [-0.1, -0.05) is 0 Å². The van der Waals surface area contributed by atoms with Gasteiger partial charge in [0.05, 0.1) is 24.1 Å². The molecule has 1 aromatic carbocycles. The largest absolute Gasteiger partial charge is 0.330 e. The lowest BCUT2D eigenvalue weighted by molar-refractivity contribution is -0.918. The van der Waals surface area contributed by atoms with Crippen molar-refractivity contribution in [1.29, 1.82) is 0 Å². The molecule has 1 aliphatic rings. The van der Waals surface area contributed by atoms with Gasteiger partial charge < -0.3 is 14.5 Å². The van der Waals surface area contributed by atoms with Gasteiger partial charge in [-0.05, 0) is 44.4 Å². The van der Waals surface area contributed by atoms with Gasteiger partial charge in [-0.2, -0.15) is 0 Å². The van der Waals surface area contributed by atoms with Gasteiger partial charge in [0, 0.05) is 17.5 Å². The summed E-state index contributed by atoms with van der Waals surface area (Å²) >= 11 is 1.42. The van der Waals surface area contributed by atoms with E-state index in [9.17, 15) is 14.4 Å². The van der Waals surface area contributed by atoms with Gasteiger partial charge in [-0.3, -0.25) is 19.7 Å². The molecular weight excluding hydrogens is 390 g/mol. The number of nitrogens with zero attached hydrogens (tertiary/aromatic N) is 2. The molecule has 1 saturated heterocycles. The monoisotopic (exact) mass is 414 g/mol. The molecule has 0 unspecified atom stereocenters. The number of aromatic amines is 1. The van der Waals surface area contributed by atoms with Crippen LogP contribution in [0.5, 0.6) is 0 Å². The number of likely N-dealkylation sites (tertiary alicyclic amines) is 1. The molecule has 0 aliphatic carbocycles. The van der Waals surface area contributed by atoms with Gasteiger partial charge >= 0.3 is 11.1 Å². The number of H-pyrrole nitrogens is 1. The number of piperidine rings is 1. The second-order valence-electron chi connectivity index (χ2n) is 7.32. The van der Waals surface area contributed by atoms with Crippen molar-refractivity contribution >= 4 is 33.4 Å². The molecule has 152 valence electrons. The quantitative estimate of drug-likeness (QED) is 0.542. The van der Waals surface area contributed by atoms with Crippen molar-refractivity contribution in [2.24, 2.45) is 0 Å². The summed E-state index contributed by atoms with van der Waals surface area (Å²) in [5.41, 5.74) is 1.15. The second-order valence-corrected chi connectivity index (χ2v) is 8.18. The van der Waals surface area contributed by atoms with Gasteiger partial charge in [0.15, 0.2) is 5.13 Å². The maximum absolute atomic E-state index is 12.7. The number of amides is 1. The van der Waals surface area contributed by atoms with Crippen molar-refractivity contribution in [1.82, 2.24) is 14.5 Å². The van der Waals surface area contributed by atoms with Crippen LogP contribution >= 0.6 is 11.3 Å². The Kier molecular flexibility index (Phi) is 5.59. The topological polar surface area (TPSA) is 101 Å². The van der Waals surface area contributed by atoms with E-state index < -0.39 is 11.1 Å². The number of fused-ring (bicyclic) bond motifs is 1. The third kappa shape index (κ3) is 4.15. The Labute approximate surface area is 171 Å². The first-order chi connectivity index (χ1) is 14.0. The van der Waals surface area contributed by atoms with Gasteiger partial charge in [-0.15, -0.1) is 11.3 Å². The number of carbonyl (C=O) groups is 1. The molecule has 9 heteroatoms. The number of hydrogen-bond donors (Lipinski definition) is 3. The molecule has 0 bridgehead atoms. The molecule has 0 atom stereocenters. The molecule has 29 heavy (non-hydrogen) atoms. The minimum Gasteiger partial charge on any atom is -0.330 e. The Balaban J connectivity index is 1.51. The van der Waals surface area contributed by atoms with Gasteiger partial charge in [0.2, 0.25) is 0 Å². The van der Waals surface area contributed by atoms with Crippen LogP contribution in [-0.2, 0) is 13.1 Å². The zero-order valence-corrected chi connectivity index (χ0v) is 17.1. The fourth-order valence-corrected chi connectivity index (χ4v) is 4.54. The molecule has 1 amide bonds. The Morgan fingerprint density at radius 3 is 2.83 bits per heavy atom. The highest BCUT2D eigenvalue weighted by Gasteiger charge is 2.17. The van der Waals surface area contributed by atoms with Crippen LogP contribution < -0.4 is 21.3 Å². The minimum atomic E-state index is -0.693. The van der Waals surface area contributed by atoms with Crippen molar-refractivity contribution in [2.75, 3.05) is 18.4 Å². The molecular formula is C20H24N5O3S+. The first-order valence-electron chi connectivity index (χ1n) is 9.91. The molecule has 8 nitrogen and oxygen atoms in total. The Hall–Kier alpha value is -2.78. The highest BCUT2D eigenvalue weighted by molar-refractivity contribution is 7.13. The number of nitrogens with one attached hydrogen (secondary N) is 3. The summed E-state index contributed by atoms with van der Waals surface area (Å²) in [6, 6.07) is 4.91. The lowest BCUT2D eigenvalue weighted by Crippen LogP contribution is -3.11. The normalized spacial score (nSPS) is 14.9. The maximum atomic E-state index is 12.7. The van der Waals surface area contributed by atoms with E-state index in [2.05, 4.69) is 15.3 Å². The van der Waals surface area contributed by atoms with Crippen molar-refractivity contribution < 1.29 is 9.69 Å². The fourth-order valence-electron chi connectivity index (χ4n) is 3.83. The zero-order chi connectivity index (χ0) is 20.4. The summed E-state index contributed by atoms with van der Waals surface area (Å²) in [5, 5.41) is 5.39. The number of hydrogen-bond acceptors (Lipinski definition) is 5. The predicted molar refractivity (Wildman–Crippen MR) is 113 cm³/mol. The van der Waals surface area contributed by atoms with Crippen LogP contribution in [-0.4, -0.2) is 33.5 Å². The predicted octanol–water partition coefficient (Wildman–Crippen LogP) is 0.987. The number of thiazole rings is 1. The van der Waals surface area contributed by atoms with E-state index in [-0.39, 0.29) is 5.91 Å². The highest BCUT2D eigenvalue weighted by Crippen LogP contribution is 2.18. The van der Waals surface area contributed by atoms with Crippen LogP contribution in [0.3, 0.4) is 0 Å². The summed E-state index contributed by atoms with van der Waals surface area (Å²) in [6.07, 6.45) is 3.84. The van der Waals surface area contributed by atoms with Gasteiger partial charge in [-0.25, -0.2) is 4.98 Å². The van der Waals surface area contributed by atoms with Crippen LogP contribution in [0.4, 0.5) is 5.13 Å². The van der Waals surface area contributed by atoms with Gasteiger partial charge in [0.1, 0.15) is 12.2 Å². The molecule has 0 radical (unpaired) electrons. The number of rotatable bonds is 5. The first-order valence-corrected chi connectivity index (χ1v) is 10.8. The summed E-state index contributed by atoms with van der Waals surface area (Å²) in [4.78, 5) is 45.1. The van der Waals surface area contributed by atoms with Crippen molar-refractivity contribution in [3.05, 3.63) is 55.5 Å². The van der Waals surface area contributed by atoms with Crippen molar-refractivity contribution in [3.63, 3.8) is 0 Å².